The van der Waals surface area contributed by atoms with Gasteiger partial charge in [0.2, 0.25) is 0 Å². The zero-order valence-electron chi connectivity index (χ0n) is 14.1. The van der Waals surface area contributed by atoms with E-state index in [0.29, 0.717) is 0 Å². The third-order valence-electron chi connectivity index (χ3n) is 3.96. The monoisotopic (exact) mass is 309 g/mol. The van der Waals surface area contributed by atoms with Gasteiger partial charge in [-0.05, 0) is 25.1 Å². The van der Waals surface area contributed by atoms with Gasteiger partial charge in [0.05, 0.1) is 5.16 Å². The van der Waals surface area contributed by atoms with E-state index in [4.69, 9.17) is 0 Å². The van der Waals surface area contributed by atoms with Gasteiger partial charge in [-0.3, -0.25) is 0 Å². The molecule has 21 heavy (non-hydrogen) atoms. The SMILES string of the molecule is CCCCCCCCCCCCCCCC/C=C/N=C=S. The van der Waals surface area contributed by atoms with Crippen LogP contribution in [0.25, 0.3) is 0 Å². The first-order valence-corrected chi connectivity index (χ1v) is 9.54. The molecule has 122 valence electrons. The Bertz CT molecular complexity index is 267. The molecule has 0 amide bonds. The lowest BCUT2D eigenvalue weighted by Crippen LogP contribution is -1.83. The number of nitrogens with zero attached hydrogens (tertiary/aromatic N) is 1. The van der Waals surface area contributed by atoms with Gasteiger partial charge in [-0.1, -0.05) is 96.5 Å². The zero-order valence-corrected chi connectivity index (χ0v) is 14.9. The van der Waals surface area contributed by atoms with Crippen LogP contribution in [0.15, 0.2) is 17.3 Å². The van der Waals surface area contributed by atoms with Gasteiger partial charge >= 0.3 is 0 Å². The van der Waals surface area contributed by atoms with Crippen molar-refractivity contribution >= 4 is 17.4 Å². The first kappa shape index (κ1) is 20.5. The summed E-state index contributed by atoms with van der Waals surface area (Å²) in [4.78, 5) is 3.76. The molecule has 0 N–H and O–H groups in total. The number of allylic oxidation sites excluding steroid dienone is 1. The average Bonchev–Trinajstić information content (AvgIpc) is 2.50. The Balaban J connectivity index is 3.01. The lowest BCUT2D eigenvalue weighted by atomic mass is 10.0. The van der Waals surface area contributed by atoms with E-state index in [1.807, 2.05) is 0 Å². The lowest BCUT2D eigenvalue weighted by molar-refractivity contribution is 0.536. The van der Waals surface area contributed by atoms with Crippen LogP contribution in [-0.4, -0.2) is 5.16 Å². The molecule has 0 spiro atoms. The average molecular weight is 310 g/mol. The Morgan fingerprint density at radius 2 is 1.14 bits per heavy atom. The maximum absolute atomic E-state index is 4.49. The second kappa shape index (κ2) is 19.5. The fourth-order valence-corrected chi connectivity index (χ4v) is 2.68. The smallest absolute Gasteiger partial charge is 0.0634 e. The molecule has 0 bridgehead atoms. The second-order valence-corrected chi connectivity index (χ2v) is 6.17. The van der Waals surface area contributed by atoms with E-state index in [1.165, 1.54) is 89.9 Å². The molecule has 0 aliphatic heterocycles. The quantitative estimate of drug-likeness (QED) is 0.163. The molecule has 0 radical (unpaired) electrons. The zero-order chi connectivity index (χ0) is 15.4. The lowest BCUT2D eigenvalue weighted by Gasteiger charge is -2.02. The molecule has 0 aromatic rings. The van der Waals surface area contributed by atoms with Gasteiger partial charge < -0.3 is 0 Å². The molecule has 0 aliphatic rings. The number of isothiocyanates is 1. The van der Waals surface area contributed by atoms with Crippen molar-refractivity contribution in [2.24, 2.45) is 4.99 Å². The normalized spacial score (nSPS) is 10.9. The van der Waals surface area contributed by atoms with Gasteiger partial charge in [-0.25, -0.2) is 4.99 Å². The van der Waals surface area contributed by atoms with Crippen LogP contribution in [0.5, 0.6) is 0 Å². The van der Waals surface area contributed by atoms with Crippen LogP contribution in [0.4, 0.5) is 0 Å². The van der Waals surface area contributed by atoms with Gasteiger partial charge in [-0.2, -0.15) is 0 Å². The maximum atomic E-state index is 4.49. The van der Waals surface area contributed by atoms with Gasteiger partial charge in [0.1, 0.15) is 0 Å². The summed E-state index contributed by atoms with van der Waals surface area (Å²) in [5, 5.41) is 2.34. The molecule has 0 atom stereocenters. The van der Waals surface area contributed by atoms with Crippen molar-refractivity contribution < 1.29 is 0 Å². The topological polar surface area (TPSA) is 12.4 Å². The summed E-state index contributed by atoms with van der Waals surface area (Å²) in [5.41, 5.74) is 0. The number of hydrogen-bond donors (Lipinski definition) is 0. The Kier molecular flexibility index (Phi) is 19.1. The summed E-state index contributed by atoms with van der Waals surface area (Å²) < 4.78 is 0. The Hall–Kier alpha value is -0.460. The van der Waals surface area contributed by atoms with E-state index in [1.54, 1.807) is 6.20 Å². The van der Waals surface area contributed by atoms with Crippen LogP contribution >= 0.6 is 12.2 Å². The van der Waals surface area contributed by atoms with Crippen molar-refractivity contribution in [1.29, 1.82) is 0 Å². The first-order valence-electron chi connectivity index (χ1n) is 9.13. The molecule has 0 saturated carbocycles. The highest BCUT2D eigenvalue weighted by Crippen LogP contribution is 2.13. The molecular formula is C19H35NS. The highest BCUT2D eigenvalue weighted by Gasteiger charge is 1.93. The molecule has 0 fully saturated rings. The maximum Gasteiger partial charge on any atom is 0.0634 e. The summed E-state index contributed by atoms with van der Waals surface area (Å²) in [6.07, 6.45) is 24.8. The summed E-state index contributed by atoms with van der Waals surface area (Å²) in [6.45, 7) is 2.28. The fraction of sp³-hybridized carbons (Fsp3) is 0.842. The number of unbranched alkanes of at least 4 members (excludes halogenated alkanes) is 14. The van der Waals surface area contributed by atoms with E-state index in [0.717, 1.165) is 6.42 Å². The molecule has 2 heteroatoms. The number of thiocarbonyl (C=S) groups is 1. The van der Waals surface area contributed by atoms with Crippen LogP contribution in [-0.2, 0) is 0 Å². The van der Waals surface area contributed by atoms with Crippen molar-refractivity contribution in [2.45, 2.75) is 103 Å². The standard InChI is InChI=1S/C19H35NS/c1-2-3-4-5-6-7-8-9-10-11-12-13-14-15-16-17-18-20-19-21/h17-18H,2-16H2,1H3/b18-17+. The Morgan fingerprint density at radius 1 is 0.714 bits per heavy atom. The van der Waals surface area contributed by atoms with E-state index >= 15 is 0 Å². The molecule has 0 aromatic heterocycles. The Labute approximate surface area is 138 Å². The second-order valence-electron chi connectivity index (χ2n) is 5.99. The van der Waals surface area contributed by atoms with Gasteiger partial charge in [-0.15, -0.1) is 0 Å². The molecule has 0 saturated heterocycles. The highest BCUT2D eigenvalue weighted by atomic mass is 32.1. The largest absolute Gasteiger partial charge is 0.203 e. The summed E-state index contributed by atoms with van der Waals surface area (Å²) in [5.74, 6) is 0. The molecule has 0 rings (SSSR count). The molecular weight excluding hydrogens is 274 g/mol. The summed E-state index contributed by atoms with van der Waals surface area (Å²) in [6, 6.07) is 0. The number of aliphatic imine (C=N–C) groups is 1. The summed E-state index contributed by atoms with van der Waals surface area (Å²) in [7, 11) is 0. The van der Waals surface area contributed by atoms with Crippen molar-refractivity contribution in [1.82, 2.24) is 0 Å². The minimum atomic E-state index is 1.12. The minimum Gasteiger partial charge on any atom is -0.203 e. The number of hydrogen-bond acceptors (Lipinski definition) is 2. The molecule has 0 heterocycles. The van der Waals surface area contributed by atoms with Crippen molar-refractivity contribution in [2.75, 3.05) is 0 Å². The van der Waals surface area contributed by atoms with Crippen LogP contribution in [0.3, 0.4) is 0 Å². The van der Waals surface area contributed by atoms with Crippen LogP contribution in [0.1, 0.15) is 103 Å². The van der Waals surface area contributed by atoms with Crippen molar-refractivity contribution in [3.05, 3.63) is 12.3 Å². The third kappa shape index (κ3) is 19.5. The van der Waals surface area contributed by atoms with Gasteiger partial charge in [0, 0.05) is 6.20 Å². The van der Waals surface area contributed by atoms with E-state index in [-0.39, 0.29) is 0 Å². The van der Waals surface area contributed by atoms with Gasteiger partial charge in [0.25, 0.3) is 0 Å². The predicted octanol–water partition coefficient (Wildman–Crippen LogP) is 7.47. The molecule has 0 aliphatic carbocycles. The first-order chi connectivity index (χ1) is 10.4. The van der Waals surface area contributed by atoms with Crippen LogP contribution < -0.4 is 0 Å². The number of rotatable bonds is 16. The van der Waals surface area contributed by atoms with Crippen LogP contribution in [0, 0.1) is 0 Å². The summed E-state index contributed by atoms with van der Waals surface area (Å²) >= 11 is 4.49. The molecule has 1 nitrogen and oxygen atoms in total. The molecule has 0 unspecified atom stereocenters. The fourth-order valence-electron chi connectivity index (χ4n) is 2.61. The predicted molar refractivity (Wildman–Crippen MR) is 99.1 cm³/mol. The van der Waals surface area contributed by atoms with E-state index in [2.05, 4.69) is 35.4 Å². The highest BCUT2D eigenvalue weighted by molar-refractivity contribution is 7.78. The van der Waals surface area contributed by atoms with Crippen LogP contribution in [0.2, 0.25) is 0 Å². The van der Waals surface area contributed by atoms with Gasteiger partial charge in [0.15, 0.2) is 0 Å². The van der Waals surface area contributed by atoms with E-state index < -0.39 is 0 Å². The van der Waals surface area contributed by atoms with Crippen molar-refractivity contribution in [3.8, 4) is 0 Å². The minimum absolute atomic E-state index is 1.12. The van der Waals surface area contributed by atoms with Crippen molar-refractivity contribution in [3.63, 3.8) is 0 Å². The van der Waals surface area contributed by atoms with E-state index in [9.17, 15) is 0 Å². The third-order valence-corrected chi connectivity index (χ3v) is 4.06. The molecule has 0 aromatic carbocycles. The Morgan fingerprint density at radius 3 is 1.57 bits per heavy atom.